The molecule has 1 aliphatic carbocycles. The zero-order valence-corrected chi connectivity index (χ0v) is 14.6. The van der Waals surface area contributed by atoms with Crippen LogP contribution in [0.2, 0.25) is 0 Å². The highest BCUT2D eigenvalue weighted by Gasteiger charge is 2.10. The van der Waals surface area contributed by atoms with Gasteiger partial charge in [-0.15, -0.1) is 0 Å². The molecule has 0 unspecified atom stereocenters. The van der Waals surface area contributed by atoms with E-state index >= 15 is 0 Å². The number of carbonyl (C=O) groups excluding carboxylic acids is 2. The van der Waals surface area contributed by atoms with Gasteiger partial charge in [-0.3, -0.25) is 14.6 Å². The van der Waals surface area contributed by atoms with Gasteiger partial charge in [-0.2, -0.15) is 5.10 Å². The summed E-state index contributed by atoms with van der Waals surface area (Å²) in [5.74, 6) is -0.535. The minimum Gasteiger partial charge on any atom is -0.321 e. The van der Waals surface area contributed by atoms with E-state index in [9.17, 15) is 9.59 Å². The van der Waals surface area contributed by atoms with Crippen LogP contribution in [0.15, 0.2) is 53.8 Å². The summed E-state index contributed by atoms with van der Waals surface area (Å²) < 4.78 is 0. The second kappa shape index (κ2) is 8.89. The van der Waals surface area contributed by atoms with E-state index in [-0.39, 0.29) is 11.8 Å². The number of hydrazone groups is 1. The molecule has 1 aromatic carbocycles. The molecule has 0 bridgehead atoms. The van der Waals surface area contributed by atoms with Crippen molar-refractivity contribution in [3.63, 3.8) is 0 Å². The molecule has 2 aromatic rings. The Balaban J connectivity index is 1.57. The minimum atomic E-state index is -0.289. The van der Waals surface area contributed by atoms with Crippen LogP contribution < -0.4 is 10.7 Å². The molecule has 6 heteroatoms. The van der Waals surface area contributed by atoms with Crippen molar-refractivity contribution in [2.24, 2.45) is 5.10 Å². The third kappa shape index (κ3) is 4.99. The molecule has 0 radical (unpaired) electrons. The highest BCUT2D eigenvalue weighted by atomic mass is 16.2. The molecule has 2 amide bonds. The lowest BCUT2D eigenvalue weighted by molar-refractivity contribution is 0.0954. The normalized spacial score (nSPS) is 14.2. The zero-order valence-electron chi connectivity index (χ0n) is 14.6. The summed E-state index contributed by atoms with van der Waals surface area (Å²) in [7, 11) is 0. The van der Waals surface area contributed by atoms with E-state index < -0.39 is 0 Å². The van der Waals surface area contributed by atoms with Gasteiger partial charge in [-0.25, -0.2) is 5.43 Å². The number of pyridine rings is 1. The highest BCUT2D eigenvalue weighted by Crippen LogP contribution is 2.15. The molecular weight excluding hydrogens is 328 g/mol. The summed E-state index contributed by atoms with van der Waals surface area (Å²) in [5.41, 5.74) is 5.14. The topological polar surface area (TPSA) is 83.5 Å². The number of nitrogens with one attached hydrogen (secondary N) is 2. The number of rotatable bonds is 4. The van der Waals surface area contributed by atoms with Gasteiger partial charge in [-0.1, -0.05) is 18.9 Å². The molecule has 3 rings (SSSR count). The van der Waals surface area contributed by atoms with Crippen LogP contribution in [0.5, 0.6) is 0 Å². The smallest absolute Gasteiger partial charge is 0.274 e. The number of benzene rings is 1. The molecule has 0 atom stereocenters. The lowest BCUT2D eigenvalue weighted by Gasteiger charge is -2.06. The lowest BCUT2D eigenvalue weighted by atomic mass is 10.2. The van der Waals surface area contributed by atoms with Gasteiger partial charge in [0.15, 0.2) is 0 Å². The van der Waals surface area contributed by atoms with Crippen LogP contribution in [-0.2, 0) is 0 Å². The SMILES string of the molecule is O=C(NN=C1CCCCCC1)c1ccc(NC(=O)c2ccccn2)cc1. The van der Waals surface area contributed by atoms with Crippen LogP contribution >= 0.6 is 0 Å². The Morgan fingerprint density at radius 3 is 2.27 bits per heavy atom. The number of anilines is 1. The molecule has 1 fully saturated rings. The molecule has 1 aromatic heterocycles. The third-order valence-corrected chi connectivity index (χ3v) is 4.30. The molecular formula is C20H22N4O2. The van der Waals surface area contributed by atoms with Crippen LogP contribution in [-0.4, -0.2) is 22.5 Å². The van der Waals surface area contributed by atoms with Crippen molar-refractivity contribution in [1.82, 2.24) is 10.4 Å². The maximum atomic E-state index is 12.2. The fraction of sp³-hybridized carbons (Fsp3) is 0.300. The standard InChI is InChI=1S/C20H22N4O2/c25-19(24-23-17-7-3-1-2-4-8-17)15-10-12-16(13-11-15)22-20(26)18-9-5-6-14-21-18/h5-6,9-14H,1-4,7-8H2,(H,22,26)(H,24,25). The number of nitrogens with zero attached hydrogens (tertiary/aromatic N) is 2. The largest absolute Gasteiger partial charge is 0.321 e. The Morgan fingerprint density at radius 1 is 0.885 bits per heavy atom. The van der Waals surface area contributed by atoms with Gasteiger partial charge < -0.3 is 5.32 Å². The molecule has 2 N–H and O–H groups in total. The number of hydrogen-bond donors (Lipinski definition) is 2. The van der Waals surface area contributed by atoms with Gasteiger partial charge in [0.2, 0.25) is 0 Å². The van der Waals surface area contributed by atoms with Crippen molar-refractivity contribution >= 4 is 23.2 Å². The minimum absolute atomic E-state index is 0.246. The molecule has 0 saturated heterocycles. The monoisotopic (exact) mass is 350 g/mol. The molecule has 6 nitrogen and oxygen atoms in total. The average molecular weight is 350 g/mol. The Bertz CT molecular complexity index is 775. The number of carbonyl (C=O) groups is 2. The van der Waals surface area contributed by atoms with Gasteiger partial charge in [0, 0.05) is 23.2 Å². The van der Waals surface area contributed by atoms with Gasteiger partial charge in [-0.05, 0) is 62.1 Å². The van der Waals surface area contributed by atoms with Crippen molar-refractivity contribution in [2.75, 3.05) is 5.32 Å². The van der Waals surface area contributed by atoms with E-state index in [1.165, 1.54) is 12.8 Å². The van der Waals surface area contributed by atoms with E-state index in [4.69, 9.17) is 0 Å². The van der Waals surface area contributed by atoms with E-state index in [0.717, 1.165) is 31.4 Å². The van der Waals surface area contributed by atoms with Crippen LogP contribution in [0.3, 0.4) is 0 Å². The summed E-state index contributed by atoms with van der Waals surface area (Å²) in [6, 6.07) is 11.9. The van der Waals surface area contributed by atoms with Crippen molar-refractivity contribution in [1.29, 1.82) is 0 Å². The summed E-state index contributed by atoms with van der Waals surface area (Å²) in [6.07, 6.45) is 8.23. The number of hydrogen-bond acceptors (Lipinski definition) is 4. The zero-order chi connectivity index (χ0) is 18.2. The maximum absolute atomic E-state index is 12.2. The van der Waals surface area contributed by atoms with Crippen molar-refractivity contribution in [3.05, 3.63) is 59.9 Å². The second-order valence-electron chi connectivity index (χ2n) is 6.28. The first-order valence-electron chi connectivity index (χ1n) is 8.90. The fourth-order valence-electron chi connectivity index (χ4n) is 2.84. The van der Waals surface area contributed by atoms with Gasteiger partial charge in [0.05, 0.1) is 0 Å². The van der Waals surface area contributed by atoms with Crippen molar-refractivity contribution in [3.8, 4) is 0 Å². The molecule has 1 aliphatic rings. The highest BCUT2D eigenvalue weighted by molar-refractivity contribution is 6.03. The lowest BCUT2D eigenvalue weighted by Crippen LogP contribution is -2.20. The van der Waals surface area contributed by atoms with E-state index in [2.05, 4.69) is 20.8 Å². The van der Waals surface area contributed by atoms with Crippen LogP contribution in [0.1, 0.15) is 59.4 Å². The Hall–Kier alpha value is -3.02. The van der Waals surface area contributed by atoms with E-state index in [0.29, 0.717) is 16.9 Å². The predicted molar refractivity (Wildman–Crippen MR) is 101 cm³/mol. The van der Waals surface area contributed by atoms with Crippen LogP contribution in [0.4, 0.5) is 5.69 Å². The average Bonchev–Trinajstić information content (AvgIpc) is 2.96. The molecule has 26 heavy (non-hydrogen) atoms. The number of amides is 2. The Kier molecular flexibility index (Phi) is 6.09. The molecule has 0 spiro atoms. The molecule has 134 valence electrons. The fourth-order valence-corrected chi connectivity index (χ4v) is 2.84. The van der Waals surface area contributed by atoms with Crippen molar-refractivity contribution in [2.45, 2.75) is 38.5 Å². The van der Waals surface area contributed by atoms with E-state index in [1.807, 2.05) is 0 Å². The van der Waals surface area contributed by atoms with Crippen molar-refractivity contribution < 1.29 is 9.59 Å². The van der Waals surface area contributed by atoms with E-state index in [1.54, 1.807) is 48.7 Å². The predicted octanol–water partition coefficient (Wildman–Crippen LogP) is 3.77. The van der Waals surface area contributed by atoms with Gasteiger partial charge in [0.1, 0.15) is 5.69 Å². The van der Waals surface area contributed by atoms with Crippen LogP contribution in [0, 0.1) is 0 Å². The molecule has 0 aliphatic heterocycles. The first-order valence-corrected chi connectivity index (χ1v) is 8.90. The summed E-state index contributed by atoms with van der Waals surface area (Å²) in [5, 5.41) is 7.02. The first-order chi connectivity index (χ1) is 12.7. The maximum Gasteiger partial charge on any atom is 0.274 e. The first kappa shape index (κ1) is 17.8. The molecule has 1 heterocycles. The summed E-state index contributed by atoms with van der Waals surface area (Å²) in [4.78, 5) is 28.3. The quantitative estimate of drug-likeness (QED) is 0.650. The van der Waals surface area contributed by atoms with Gasteiger partial charge >= 0.3 is 0 Å². The third-order valence-electron chi connectivity index (χ3n) is 4.30. The Labute approximate surface area is 152 Å². The van der Waals surface area contributed by atoms with Crippen LogP contribution in [0.25, 0.3) is 0 Å². The summed E-state index contributed by atoms with van der Waals surface area (Å²) in [6.45, 7) is 0. The van der Waals surface area contributed by atoms with Gasteiger partial charge in [0.25, 0.3) is 11.8 Å². The Morgan fingerprint density at radius 2 is 1.62 bits per heavy atom. The second-order valence-corrected chi connectivity index (χ2v) is 6.28. The number of aromatic nitrogens is 1. The summed E-state index contributed by atoms with van der Waals surface area (Å²) >= 11 is 0. The molecule has 1 saturated carbocycles.